The van der Waals surface area contributed by atoms with E-state index in [1.165, 1.54) is 6.92 Å². The molecule has 92 valence electrons. The molecular formula is C12H9BrN2O3. The highest BCUT2D eigenvalue weighted by Gasteiger charge is 2.13. The number of aromatic nitrogens is 2. The minimum atomic E-state index is -0.627. The Labute approximate surface area is 110 Å². The summed E-state index contributed by atoms with van der Waals surface area (Å²) in [6.07, 6.45) is 1.14. The van der Waals surface area contributed by atoms with Gasteiger partial charge in [-0.25, -0.2) is 9.36 Å². The first-order valence-corrected chi connectivity index (χ1v) is 5.92. The van der Waals surface area contributed by atoms with Gasteiger partial charge in [-0.1, -0.05) is 12.1 Å². The van der Waals surface area contributed by atoms with Gasteiger partial charge in [-0.15, -0.1) is 0 Å². The zero-order valence-electron chi connectivity index (χ0n) is 9.44. The molecule has 0 radical (unpaired) electrons. The van der Waals surface area contributed by atoms with Crippen LogP contribution in [-0.2, 0) is 0 Å². The first-order valence-electron chi connectivity index (χ1n) is 5.13. The number of nitrogens with zero attached hydrogens (tertiary/aromatic N) is 1. The number of halogens is 1. The summed E-state index contributed by atoms with van der Waals surface area (Å²) >= 11 is 3.27. The molecule has 0 aliphatic rings. The Morgan fingerprint density at radius 2 is 1.94 bits per heavy atom. The van der Waals surface area contributed by atoms with E-state index in [9.17, 15) is 14.4 Å². The SMILES string of the molecule is CC(=O)c1c[nH]c(=O)n(-c2ccccc2Br)c1=O. The van der Waals surface area contributed by atoms with Gasteiger partial charge in [0.15, 0.2) is 5.78 Å². The molecule has 0 bridgehead atoms. The Hall–Kier alpha value is -1.95. The molecule has 1 aromatic carbocycles. The molecule has 0 spiro atoms. The highest BCUT2D eigenvalue weighted by Crippen LogP contribution is 2.17. The largest absolute Gasteiger partial charge is 0.333 e. The van der Waals surface area contributed by atoms with E-state index >= 15 is 0 Å². The van der Waals surface area contributed by atoms with E-state index in [0.29, 0.717) is 10.2 Å². The lowest BCUT2D eigenvalue weighted by Crippen LogP contribution is -2.36. The van der Waals surface area contributed by atoms with Crippen molar-refractivity contribution in [2.75, 3.05) is 0 Å². The number of para-hydroxylation sites is 1. The minimum absolute atomic E-state index is 0.0506. The molecule has 2 rings (SSSR count). The summed E-state index contributed by atoms with van der Waals surface area (Å²) in [6.45, 7) is 1.28. The van der Waals surface area contributed by atoms with Crippen LogP contribution >= 0.6 is 15.9 Å². The van der Waals surface area contributed by atoms with Gasteiger partial charge in [-0.05, 0) is 35.0 Å². The van der Waals surface area contributed by atoms with Crippen LogP contribution in [0.2, 0.25) is 0 Å². The summed E-state index contributed by atoms with van der Waals surface area (Å²) in [5, 5.41) is 0. The summed E-state index contributed by atoms with van der Waals surface area (Å²) in [5.74, 6) is -0.392. The number of carbonyl (C=O) groups is 1. The molecule has 0 amide bonds. The summed E-state index contributed by atoms with van der Waals surface area (Å²) in [6, 6.07) is 6.79. The maximum atomic E-state index is 12.1. The molecule has 0 saturated carbocycles. The molecule has 18 heavy (non-hydrogen) atoms. The van der Waals surface area contributed by atoms with Crippen LogP contribution in [0.3, 0.4) is 0 Å². The summed E-state index contributed by atoms with van der Waals surface area (Å²) in [5.41, 5.74) is -0.868. The number of hydrogen-bond acceptors (Lipinski definition) is 3. The zero-order valence-corrected chi connectivity index (χ0v) is 11.0. The highest BCUT2D eigenvalue weighted by molar-refractivity contribution is 9.10. The average Bonchev–Trinajstić information content (AvgIpc) is 2.31. The molecule has 0 aliphatic heterocycles. The molecule has 1 N–H and O–H groups in total. The number of rotatable bonds is 2. The first-order chi connectivity index (χ1) is 8.52. The van der Waals surface area contributed by atoms with Crippen LogP contribution in [-0.4, -0.2) is 15.3 Å². The third-order valence-electron chi connectivity index (χ3n) is 2.45. The maximum Gasteiger partial charge on any atom is 0.333 e. The quantitative estimate of drug-likeness (QED) is 0.854. The van der Waals surface area contributed by atoms with Crippen molar-refractivity contribution < 1.29 is 4.79 Å². The molecule has 0 saturated heterocycles. The van der Waals surface area contributed by atoms with Gasteiger partial charge in [0.05, 0.1) is 11.3 Å². The second kappa shape index (κ2) is 4.73. The number of H-pyrrole nitrogens is 1. The van der Waals surface area contributed by atoms with Crippen LogP contribution in [0, 0.1) is 0 Å². The molecule has 1 heterocycles. The van der Waals surface area contributed by atoms with Gasteiger partial charge in [0.25, 0.3) is 5.56 Å². The van der Waals surface area contributed by atoms with Gasteiger partial charge >= 0.3 is 5.69 Å². The maximum absolute atomic E-state index is 12.1. The van der Waals surface area contributed by atoms with E-state index < -0.39 is 17.0 Å². The number of aromatic amines is 1. The number of hydrogen-bond donors (Lipinski definition) is 1. The first kappa shape index (κ1) is 12.5. The summed E-state index contributed by atoms with van der Waals surface area (Å²) in [4.78, 5) is 37.5. The standard InChI is InChI=1S/C12H9BrN2O3/c1-7(16)8-6-14-12(18)15(11(8)17)10-5-3-2-4-9(10)13/h2-6H,1H3,(H,14,18). The van der Waals surface area contributed by atoms with Crippen LogP contribution in [0.1, 0.15) is 17.3 Å². The molecular weight excluding hydrogens is 300 g/mol. The van der Waals surface area contributed by atoms with E-state index in [1.54, 1.807) is 24.3 Å². The van der Waals surface area contributed by atoms with Gasteiger partial charge in [-0.2, -0.15) is 0 Å². The molecule has 2 aromatic rings. The number of benzene rings is 1. The van der Waals surface area contributed by atoms with E-state index in [2.05, 4.69) is 20.9 Å². The van der Waals surface area contributed by atoms with Crippen molar-refractivity contribution in [3.63, 3.8) is 0 Å². The number of carbonyl (C=O) groups excluding carboxylic acids is 1. The molecule has 5 nitrogen and oxygen atoms in total. The Morgan fingerprint density at radius 1 is 1.28 bits per heavy atom. The fourth-order valence-electron chi connectivity index (χ4n) is 1.58. The van der Waals surface area contributed by atoms with Gasteiger partial charge < -0.3 is 4.98 Å². The fourth-order valence-corrected chi connectivity index (χ4v) is 2.04. The van der Waals surface area contributed by atoms with Gasteiger partial charge in [0.1, 0.15) is 0 Å². The monoisotopic (exact) mass is 308 g/mol. The van der Waals surface area contributed by atoms with E-state index in [-0.39, 0.29) is 5.56 Å². The molecule has 0 aliphatic carbocycles. The van der Waals surface area contributed by atoms with E-state index in [0.717, 1.165) is 10.8 Å². The molecule has 0 unspecified atom stereocenters. The average molecular weight is 309 g/mol. The van der Waals surface area contributed by atoms with Crippen molar-refractivity contribution in [1.82, 2.24) is 9.55 Å². The lowest BCUT2D eigenvalue weighted by atomic mass is 10.2. The minimum Gasteiger partial charge on any atom is -0.313 e. The Bertz CT molecular complexity index is 731. The fraction of sp³-hybridized carbons (Fsp3) is 0.0833. The number of ketones is 1. The van der Waals surface area contributed by atoms with Crippen LogP contribution in [0.5, 0.6) is 0 Å². The summed E-state index contributed by atoms with van der Waals surface area (Å²) < 4.78 is 1.53. The predicted octanol–water partition coefficient (Wildman–Crippen LogP) is 1.49. The highest BCUT2D eigenvalue weighted by atomic mass is 79.9. The van der Waals surface area contributed by atoms with Crippen LogP contribution in [0.25, 0.3) is 5.69 Å². The number of Topliss-reactive ketones (excluding diaryl/α,β-unsaturated/α-hetero) is 1. The second-order valence-corrected chi connectivity index (χ2v) is 4.51. The lowest BCUT2D eigenvalue weighted by Gasteiger charge is -2.07. The van der Waals surface area contributed by atoms with Crippen LogP contribution in [0.4, 0.5) is 0 Å². The second-order valence-electron chi connectivity index (χ2n) is 3.66. The molecule has 0 fully saturated rings. The van der Waals surface area contributed by atoms with Crippen LogP contribution < -0.4 is 11.2 Å². The van der Waals surface area contributed by atoms with Gasteiger partial charge in [0, 0.05) is 10.7 Å². The molecule has 1 aromatic heterocycles. The molecule has 6 heteroatoms. The lowest BCUT2D eigenvalue weighted by molar-refractivity contribution is 0.101. The van der Waals surface area contributed by atoms with Crippen LogP contribution in [0.15, 0.2) is 44.5 Å². The topological polar surface area (TPSA) is 71.9 Å². The van der Waals surface area contributed by atoms with Crippen molar-refractivity contribution in [2.24, 2.45) is 0 Å². The van der Waals surface area contributed by atoms with Gasteiger partial charge in [0.2, 0.25) is 0 Å². The predicted molar refractivity (Wildman–Crippen MR) is 70.4 cm³/mol. The van der Waals surface area contributed by atoms with Crippen molar-refractivity contribution in [3.05, 3.63) is 61.3 Å². The molecule has 0 atom stereocenters. The van der Waals surface area contributed by atoms with Crippen molar-refractivity contribution in [2.45, 2.75) is 6.92 Å². The Kier molecular flexibility index (Phi) is 3.29. The Balaban J connectivity index is 2.84. The summed E-state index contributed by atoms with van der Waals surface area (Å²) in [7, 11) is 0. The van der Waals surface area contributed by atoms with Gasteiger partial charge in [-0.3, -0.25) is 9.59 Å². The normalized spacial score (nSPS) is 10.3. The van der Waals surface area contributed by atoms with Crippen molar-refractivity contribution in [1.29, 1.82) is 0 Å². The Morgan fingerprint density at radius 3 is 2.56 bits per heavy atom. The van der Waals surface area contributed by atoms with E-state index in [4.69, 9.17) is 0 Å². The third-order valence-corrected chi connectivity index (χ3v) is 3.12. The van der Waals surface area contributed by atoms with Crippen molar-refractivity contribution >= 4 is 21.7 Å². The third kappa shape index (κ3) is 2.06. The number of nitrogens with one attached hydrogen (secondary N) is 1. The zero-order chi connectivity index (χ0) is 13.3. The van der Waals surface area contributed by atoms with E-state index in [1.807, 2.05) is 0 Å². The van der Waals surface area contributed by atoms with Crippen molar-refractivity contribution in [3.8, 4) is 5.69 Å². The smallest absolute Gasteiger partial charge is 0.313 e.